The van der Waals surface area contributed by atoms with Crippen molar-refractivity contribution < 1.29 is 8.78 Å². The van der Waals surface area contributed by atoms with Crippen LogP contribution in [-0.2, 0) is 0 Å². The Balaban J connectivity index is 1.63. The van der Waals surface area contributed by atoms with Crippen LogP contribution in [0.1, 0.15) is 0 Å². The number of aromatic nitrogens is 6. The molecular weight excluding hydrogens is 362 g/mol. The highest BCUT2D eigenvalue weighted by atomic mass is 19.1. The third-order valence-electron chi connectivity index (χ3n) is 4.47. The van der Waals surface area contributed by atoms with Crippen LogP contribution in [0.5, 0.6) is 0 Å². The second kappa shape index (κ2) is 6.34. The summed E-state index contributed by atoms with van der Waals surface area (Å²) >= 11 is 0. The lowest BCUT2D eigenvalue weighted by molar-refractivity contribution is 0.585. The van der Waals surface area contributed by atoms with Crippen molar-refractivity contribution in [1.82, 2.24) is 30.4 Å². The smallest absolute Gasteiger partial charge is 0.135 e. The molecule has 0 aliphatic carbocycles. The molecule has 0 unspecified atom stereocenters. The molecule has 5 aromatic rings. The molecule has 0 saturated carbocycles. The van der Waals surface area contributed by atoms with Crippen molar-refractivity contribution in [2.75, 3.05) is 0 Å². The average molecular weight is 374 g/mol. The van der Waals surface area contributed by atoms with Gasteiger partial charge in [0.1, 0.15) is 17.3 Å². The summed E-state index contributed by atoms with van der Waals surface area (Å²) < 4.78 is 27.5. The molecule has 2 N–H and O–H groups in total. The molecule has 1 aromatic carbocycles. The van der Waals surface area contributed by atoms with Crippen LogP contribution in [0, 0.1) is 11.6 Å². The van der Waals surface area contributed by atoms with Crippen LogP contribution in [0.4, 0.5) is 8.78 Å². The van der Waals surface area contributed by atoms with Crippen LogP contribution in [-0.4, -0.2) is 30.4 Å². The van der Waals surface area contributed by atoms with Gasteiger partial charge in [-0.1, -0.05) is 0 Å². The Morgan fingerprint density at radius 3 is 2.54 bits per heavy atom. The standard InChI is InChI=1S/C20H12F2N6/c21-13-1-2-14(16(22)6-13)20-15(10-26-28-20)17-3-4-18-19(27-17)5-11(7-23-18)12-8-24-25-9-12/h1-10H,(H,24,25)(H,26,28). The zero-order chi connectivity index (χ0) is 19.1. The summed E-state index contributed by atoms with van der Waals surface area (Å²) in [6.07, 6.45) is 6.88. The van der Waals surface area contributed by atoms with Gasteiger partial charge in [-0.15, -0.1) is 0 Å². The van der Waals surface area contributed by atoms with E-state index >= 15 is 0 Å². The molecule has 4 heterocycles. The molecule has 0 radical (unpaired) electrons. The zero-order valence-electron chi connectivity index (χ0n) is 14.3. The highest BCUT2D eigenvalue weighted by Crippen LogP contribution is 2.32. The van der Waals surface area contributed by atoms with Crippen molar-refractivity contribution in [2.45, 2.75) is 0 Å². The first-order chi connectivity index (χ1) is 13.7. The lowest BCUT2D eigenvalue weighted by atomic mass is 10.0. The number of H-pyrrole nitrogens is 2. The molecule has 0 fully saturated rings. The summed E-state index contributed by atoms with van der Waals surface area (Å²) in [4.78, 5) is 9.11. The Morgan fingerprint density at radius 1 is 0.786 bits per heavy atom. The van der Waals surface area contributed by atoms with E-state index in [1.165, 1.54) is 12.1 Å². The van der Waals surface area contributed by atoms with E-state index in [0.29, 0.717) is 22.5 Å². The van der Waals surface area contributed by atoms with Gasteiger partial charge in [-0.3, -0.25) is 15.2 Å². The van der Waals surface area contributed by atoms with Gasteiger partial charge in [-0.25, -0.2) is 13.8 Å². The van der Waals surface area contributed by atoms with Crippen molar-refractivity contribution in [3.05, 3.63) is 72.8 Å². The van der Waals surface area contributed by atoms with Crippen LogP contribution in [0.15, 0.2) is 61.2 Å². The van der Waals surface area contributed by atoms with E-state index in [-0.39, 0.29) is 5.56 Å². The van der Waals surface area contributed by atoms with Gasteiger partial charge < -0.3 is 0 Å². The van der Waals surface area contributed by atoms with Crippen molar-refractivity contribution in [3.8, 4) is 33.6 Å². The highest BCUT2D eigenvalue weighted by Gasteiger charge is 2.16. The number of fused-ring (bicyclic) bond motifs is 1. The Hall–Kier alpha value is -3.94. The third-order valence-corrected chi connectivity index (χ3v) is 4.47. The molecule has 0 spiro atoms. The molecule has 28 heavy (non-hydrogen) atoms. The Kier molecular flexibility index (Phi) is 3.68. The van der Waals surface area contributed by atoms with Crippen molar-refractivity contribution in [1.29, 1.82) is 0 Å². The average Bonchev–Trinajstić information content (AvgIpc) is 3.39. The first-order valence-electron chi connectivity index (χ1n) is 8.44. The van der Waals surface area contributed by atoms with Crippen molar-refractivity contribution >= 4 is 11.0 Å². The maximum atomic E-state index is 14.2. The predicted molar refractivity (Wildman–Crippen MR) is 100 cm³/mol. The van der Waals surface area contributed by atoms with Gasteiger partial charge in [0.25, 0.3) is 0 Å². The van der Waals surface area contributed by atoms with E-state index in [4.69, 9.17) is 0 Å². The van der Waals surface area contributed by atoms with E-state index in [0.717, 1.165) is 22.7 Å². The molecule has 4 aromatic heterocycles. The molecule has 136 valence electrons. The molecular formula is C20H12F2N6. The molecule has 0 saturated heterocycles. The van der Waals surface area contributed by atoms with E-state index in [9.17, 15) is 8.78 Å². The molecule has 8 heteroatoms. The van der Waals surface area contributed by atoms with E-state index in [2.05, 4.69) is 30.4 Å². The van der Waals surface area contributed by atoms with Gasteiger partial charge in [0.2, 0.25) is 0 Å². The fourth-order valence-electron chi connectivity index (χ4n) is 3.10. The minimum Gasteiger partial charge on any atom is -0.285 e. The highest BCUT2D eigenvalue weighted by molar-refractivity contribution is 5.85. The second-order valence-electron chi connectivity index (χ2n) is 6.22. The number of nitrogens with zero attached hydrogens (tertiary/aromatic N) is 4. The SMILES string of the molecule is Fc1ccc(-c2n[nH]cc2-c2ccc3ncc(-c4cn[nH]c4)cc3n2)c(F)c1. The number of hydrogen-bond acceptors (Lipinski definition) is 4. The Labute approximate surface area is 157 Å². The number of benzene rings is 1. The minimum absolute atomic E-state index is 0.199. The number of hydrogen-bond donors (Lipinski definition) is 2. The van der Waals surface area contributed by atoms with Crippen LogP contribution < -0.4 is 0 Å². The van der Waals surface area contributed by atoms with Crippen LogP contribution in [0.25, 0.3) is 44.7 Å². The van der Waals surface area contributed by atoms with Crippen LogP contribution in [0.3, 0.4) is 0 Å². The second-order valence-corrected chi connectivity index (χ2v) is 6.22. The van der Waals surface area contributed by atoms with Gasteiger partial charge in [0.15, 0.2) is 0 Å². The molecule has 0 amide bonds. The maximum Gasteiger partial charge on any atom is 0.135 e. The zero-order valence-corrected chi connectivity index (χ0v) is 14.3. The van der Waals surface area contributed by atoms with Crippen molar-refractivity contribution in [2.24, 2.45) is 0 Å². The van der Waals surface area contributed by atoms with Gasteiger partial charge in [0.05, 0.1) is 22.9 Å². The van der Waals surface area contributed by atoms with Gasteiger partial charge in [-0.2, -0.15) is 10.2 Å². The first-order valence-corrected chi connectivity index (χ1v) is 8.44. The largest absolute Gasteiger partial charge is 0.285 e. The fourth-order valence-corrected chi connectivity index (χ4v) is 3.10. The normalized spacial score (nSPS) is 11.2. The molecule has 0 aliphatic heterocycles. The van der Waals surface area contributed by atoms with Gasteiger partial charge in [0, 0.05) is 46.9 Å². The molecule has 0 atom stereocenters. The number of halogens is 2. The summed E-state index contributed by atoms with van der Waals surface area (Å²) in [5.74, 6) is -1.32. The van der Waals surface area contributed by atoms with Crippen molar-refractivity contribution in [3.63, 3.8) is 0 Å². The number of rotatable bonds is 3. The summed E-state index contributed by atoms with van der Waals surface area (Å²) in [6.45, 7) is 0. The summed E-state index contributed by atoms with van der Waals surface area (Å²) in [7, 11) is 0. The molecule has 0 bridgehead atoms. The minimum atomic E-state index is -0.682. The predicted octanol–water partition coefficient (Wildman–Crippen LogP) is 4.36. The summed E-state index contributed by atoms with van der Waals surface area (Å²) in [5.41, 5.74) is 4.97. The monoisotopic (exact) mass is 374 g/mol. The lowest BCUT2D eigenvalue weighted by Crippen LogP contribution is -1.92. The Bertz CT molecular complexity index is 1290. The number of nitrogens with one attached hydrogen (secondary N) is 2. The quantitative estimate of drug-likeness (QED) is 0.492. The Morgan fingerprint density at radius 2 is 1.71 bits per heavy atom. The fraction of sp³-hybridized carbons (Fsp3) is 0. The van der Waals surface area contributed by atoms with Crippen LogP contribution >= 0.6 is 0 Å². The number of aromatic amines is 2. The van der Waals surface area contributed by atoms with E-state index < -0.39 is 11.6 Å². The van der Waals surface area contributed by atoms with E-state index in [1.54, 1.807) is 30.9 Å². The first kappa shape index (κ1) is 16.2. The van der Waals surface area contributed by atoms with E-state index in [1.807, 2.05) is 12.1 Å². The molecule has 0 aliphatic rings. The van der Waals surface area contributed by atoms with Gasteiger partial charge >= 0.3 is 0 Å². The maximum absolute atomic E-state index is 14.2. The topological polar surface area (TPSA) is 83.1 Å². The van der Waals surface area contributed by atoms with Gasteiger partial charge in [-0.05, 0) is 30.3 Å². The third kappa shape index (κ3) is 2.71. The lowest BCUT2D eigenvalue weighted by Gasteiger charge is -2.06. The molecule has 6 nitrogen and oxygen atoms in total. The number of pyridine rings is 2. The van der Waals surface area contributed by atoms with Crippen LogP contribution in [0.2, 0.25) is 0 Å². The summed E-state index contributed by atoms with van der Waals surface area (Å²) in [6, 6.07) is 8.95. The summed E-state index contributed by atoms with van der Waals surface area (Å²) in [5, 5.41) is 13.6. The molecule has 5 rings (SSSR count).